The first-order chi connectivity index (χ1) is 15.2. The third-order valence-corrected chi connectivity index (χ3v) is 6.01. The summed E-state index contributed by atoms with van der Waals surface area (Å²) in [4.78, 5) is 26.5. The van der Waals surface area contributed by atoms with Gasteiger partial charge in [-0.3, -0.25) is 14.5 Å². The van der Waals surface area contributed by atoms with Gasteiger partial charge < -0.3 is 10.1 Å². The van der Waals surface area contributed by atoms with Crippen LogP contribution in [0.25, 0.3) is 0 Å². The summed E-state index contributed by atoms with van der Waals surface area (Å²) in [5, 5.41) is 11.1. The molecule has 1 unspecified atom stereocenters. The van der Waals surface area contributed by atoms with Crippen LogP contribution in [-0.2, 0) is 22.2 Å². The van der Waals surface area contributed by atoms with E-state index in [1.807, 2.05) is 0 Å². The zero-order chi connectivity index (χ0) is 23.5. The lowest BCUT2D eigenvalue weighted by Crippen LogP contribution is -2.31. The van der Waals surface area contributed by atoms with Crippen molar-refractivity contribution in [3.8, 4) is 11.8 Å². The summed E-state index contributed by atoms with van der Waals surface area (Å²) in [5.41, 5.74) is -0.564. The van der Waals surface area contributed by atoms with Crippen LogP contribution in [0.3, 0.4) is 0 Å². The van der Waals surface area contributed by atoms with Crippen molar-refractivity contribution in [3.63, 3.8) is 0 Å². The molecule has 0 saturated carbocycles. The Kier molecular flexibility index (Phi) is 6.79. The van der Waals surface area contributed by atoms with E-state index in [9.17, 15) is 28.0 Å². The van der Waals surface area contributed by atoms with E-state index in [-0.39, 0.29) is 22.7 Å². The first kappa shape index (κ1) is 23.2. The van der Waals surface area contributed by atoms with Gasteiger partial charge in [0.1, 0.15) is 22.4 Å². The lowest BCUT2D eigenvalue weighted by Gasteiger charge is -2.20. The van der Waals surface area contributed by atoms with Gasteiger partial charge in [-0.25, -0.2) is 0 Å². The molecule has 0 bridgehead atoms. The molecule has 166 valence electrons. The fourth-order valence-corrected chi connectivity index (χ4v) is 4.45. The maximum atomic E-state index is 13.3. The van der Waals surface area contributed by atoms with Crippen LogP contribution in [0.5, 0.6) is 5.75 Å². The first-order valence-electron chi connectivity index (χ1n) is 9.37. The van der Waals surface area contributed by atoms with Crippen molar-refractivity contribution in [2.45, 2.75) is 17.8 Å². The third-order valence-electron chi connectivity index (χ3n) is 4.74. The molecule has 10 heteroatoms. The fourth-order valence-electron chi connectivity index (χ4n) is 3.14. The lowest BCUT2D eigenvalue weighted by atomic mass is 10.1. The molecule has 1 N–H and O–H groups in total. The number of amides is 2. The third kappa shape index (κ3) is 4.73. The van der Waals surface area contributed by atoms with Crippen LogP contribution in [0.1, 0.15) is 11.1 Å². The zero-order valence-electron chi connectivity index (χ0n) is 17.1. The zero-order valence-corrected chi connectivity index (χ0v) is 17.9. The number of hydrogen-bond acceptors (Lipinski definition) is 5. The average molecular weight is 461 g/mol. The minimum absolute atomic E-state index is 0.00492. The van der Waals surface area contributed by atoms with E-state index < -0.39 is 28.8 Å². The summed E-state index contributed by atoms with van der Waals surface area (Å²) in [5.74, 6) is -0.613. The predicted molar refractivity (Wildman–Crippen MR) is 114 cm³/mol. The number of alkyl halides is 3. The van der Waals surface area contributed by atoms with Crippen LogP contribution in [-0.4, -0.2) is 31.2 Å². The highest BCUT2D eigenvalue weighted by molar-refractivity contribution is 8.05. The molecule has 1 fully saturated rings. The normalized spacial score (nSPS) is 17.7. The molecule has 1 heterocycles. The second-order valence-corrected chi connectivity index (χ2v) is 7.94. The van der Waals surface area contributed by atoms with Crippen LogP contribution < -0.4 is 15.0 Å². The van der Waals surface area contributed by atoms with Crippen molar-refractivity contribution in [1.29, 1.82) is 5.26 Å². The maximum absolute atomic E-state index is 13.3. The number of likely N-dealkylation sites (N-methyl/N-ethyl adjacent to an activating group) is 1. The Morgan fingerprint density at radius 1 is 1.25 bits per heavy atom. The summed E-state index contributed by atoms with van der Waals surface area (Å²) in [6.45, 7) is 0. The Morgan fingerprint density at radius 2 is 1.94 bits per heavy atom. The van der Waals surface area contributed by atoms with Crippen LogP contribution in [0.15, 0.2) is 59.1 Å². The van der Waals surface area contributed by atoms with Crippen LogP contribution in [0.4, 0.5) is 18.9 Å². The van der Waals surface area contributed by atoms with Crippen molar-refractivity contribution in [2.75, 3.05) is 19.1 Å². The van der Waals surface area contributed by atoms with Crippen molar-refractivity contribution < 1.29 is 27.5 Å². The number of thioether (sulfide) groups is 1. The number of nitrogens with zero attached hydrogens (tertiary/aromatic N) is 2. The van der Waals surface area contributed by atoms with Crippen LogP contribution >= 0.6 is 11.8 Å². The van der Waals surface area contributed by atoms with E-state index >= 15 is 0 Å². The molecule has 2 amide bonds. The number of nitrogens with one attached hydrogen (secondary N) is 1. The fraction of sp³-hybridized carbons (Fsp3) is 0.227. The highest BCUT2D eigenvalue weighted by atomic mass is 32.2. The number of rotatable bonds is 5. The highest BCUT2D eigenvalue weighted by Gasteiger charge is 2.41. The summed E-state index contributed by atoms with van der Waals surface area (Å²) < 4.78 is 44.8. The topological polar surface area (TPSA) is 82.4 Å². The number of ether oxygens (including phenoxy) is 1. The van der Waals surface area contributed by atoms with Gasteiger partial charge in [0.05, 0.1) is 23.6 Å². The molecule has 2 aromatic carbocycles. The van der Waals surface area contributed by atoms with Crippen molar-refractivity contribution in [1.82, 2.24) is 5.32 Å². The van der Waals surface area contributed by atoms with Gasteiger partial charge in [0.15, 0.2) is 0 Å². The summed E-state index contributed by atoms with van der Waals surface area (Å²) in [7, 11) is 2.85. The second kappa shape index (κ2) is 9.36. The van der Waals surface area contributed by atoms with Gasteiger partial charge in [-0.1, -0.05) is 30.0 Å². The molecule has 2 aromatic rings. The van der Waals surface area contributed by atoms with E-state index in [0.29, 0.717) is 5.75 Å². The van der Waals surface area contributed by atoms with Crippen molar-refractivity contribution in [3.05, 3.63) is 70.3 Å². The standard InChI is InChI=1S/C22H18F3N3O3S/c1-27-19(29)17(12-26)21-28(15-5-3-4-14(11-15)22(23,24)25)20(30)18(32-21)10-13-6-8-16(31-2)9-7-13/h3-9,11,18H,10H2,1-2H3,(H,27,29)/b21-17+. The number of anilines is 1. The van der Waals surface area contributed by atoms with E-state index in [2.05, 4.69) is 5.32 Å². The van der Waals surface area contributed by atoms with Crippen molar-refractivity contribution >= 4 is 29.3 Å². The van der Waals surface area contributed by atoms with Gasteiger partial charge in [0, 0.05) is 7.05 Å². The van der Waals surface area contributed by atoms with Gasteiger partial charge in [0.2, 0.25) is 5.91 Å². The van der Waals surface area contributed by atoms with Gasteiger partial charge in [-0.15, -0.1) is 0 Å². The SMILES string of the molecule is CNC(=O)/C(C#N)=C1/SC(Cc2ccc(OC)cc2)C(=O)N1c1cccc(C(F)(F)F)c1. The maximum Gasteiger partial charge on any atom is 0.416 e. The highest BCUT2D eigenvalue weighted by Crippen LogP contribution is 2.43. The van der Waals surface area contributed by atoms with Gasteiger partial charge in [-0.2, -0.15) is 18.4 Å². The Bertz CT molecular complexity index is 1110. The molecule has 0 aromatic heterocycles. The summed E-state index contributed by atoms with van der Waals surface area (Å²) in [6, 6.07) is 13.0. The molecule has 0 spiro atoms. The molecule has 1 saturated heterocycles. The lowest BCUT2D eigenvalue weighted by molar-refractivity contribution is -0.137. The van der Waals surface area contributed by atoms with Crippen LogP contribution in [0.2, 0.25) is 0 Å². The molecular formula is C22H18F3N3O3S. The number of nitriles is 1. The smallest absolute Gasteiger partial charge is 0.416 e. The first-order valence-corrected chi connectivity index (χ1v) is 10.2. The minimum atomic E-state index is -4.61. The summed E-state index contributed by atoms with van der Waals surface area (Å²) in [6.07, 6.45) is -4.37. The number of carbonyl (C=O) groups excluding carboxylic acids is 2. The van der Waals surface area contributed by atoms with Crippen LogP contribution in [0, 0.1) is 11.3 Å². The van der Waals surface area contributed by atoms with E-state index in [4.69, 9.17) is 4.74 Å². The quantitative estimate of drug-likeness (QED) is 0.540. The summed E-state index contributed by atoms with van der Waals surface area (Å²) >= 11 is 0.976. The van der Waals surface area contributed by atoms with Gasteiger partial charge >= 0.3 is 6.18 Å². The average Bonchev–Trinajstić information content (AvgIpc) is 3.09. The largest absolute Gasteiger partial charge is 0.497 e. The van der Waals surface area contributed by atoms with E-state index in [0.717, 1.165) is 34.4 Å². The molecule has 3 rings (SSSR count). The molecule has 1 aliphatic heterocycles. The Labute approximate surface area is 186 Å². The molecule has 1 aliphatic rings. The Balaban J connectivity index is 2.05. The molecule has 1 atom stereocenters. The second-order valence-electron chi connectivity index (χ2n) is 6.75. The molecule has 0 aliphatic carbocycles. The Hall–Kier alpha value is -3.45. The molecule has 32 heavy (non-hydrogen) atoms. The minimum Gasteiger partial charge on any atom is -0.497 e. The van der Waals surface area contributed by atoms with Crippen molar-refractivity contribution in [2.24, 2.45) is 0 Å². The number of benzene rings is 2. The monoisotopic (exact) mass is 461 g/mol. The number of hydrogen-bond donors (Lipinski definition) is 1. The number of methoxy groups -OCH3 is 1. The predicted octanol–water partition coefficient (Wildman–Crippen LogP) is 3.89. The number of carbonyl (C=O) groups is 2. The van der Waals surface area contributed by atoms with E-state index in [1.54, 1.807) is 30.3 Å². The molecule has 0 radical (unpaired) electrons. The van der Waals surface area contributed by atoms with Gasteiger partial charge in [0.25, 0.3) is 5.91 Å². The molecular weight excluding hydrogens is 443 g/mol. The van der Waals surface area contributed by atoms with Gasteiger partial charge in [-0.05, 0) is 42.3 Å². The van der Waals surface area contributed by atoms with E-state index in [1.165, 1.54) is 26.3 Å². The molecule has 6 nitrogen and oxygen atoms in total. The number of halogens is 3. The Morgan fingerprint density at radius 3 is 2.50 bits per heavy atom.